The summed E-state index contributed by atoms with van der Waals surface area (Å²) in [5.41, 5.74) is 0.918. The van der Waals surface area contributed by atoms with E-state index < -0.39 is 26.5 Å². The second-order valence-corrected chi connectivity index (χ2v) is 9.83. The Morgan fingerprint density at radius 1 is 0.969 bits per heavy atom. The molecule has 3 aromatic carbocycles. The van der Waals surface area contributed by atoms with Crippen molar-refractivity contribution in [1.29, 1.82) is 0 Å². The molecule has 0 aliphatic carbocycles. The van der Waals surface area contributed by atoms with Crippen molar-refractivity contribution in [3.8, 4) is 0 Å². The van der Waals surface area contributed by atoms with Gasteiger partial charge in [-0.3, -0.25) is 15.0 Å². The molecule has 0 spiro atoms. The molecule has 2 N–H and O–H groups in total. The molecule has 32 heavy (non-hydrogen) atoms. The Morgan fingerprint density at radius 3 is 2.22 bits per heavy atom. The summed E-state index contributed by atoms with van der Waals surface area (Å²) < 4.78 is 36.7. The third-order valence-electron chi connectivity index (χ3n) is 4.69. The molecule has 0 amide bonds. The van der Waals surface area contributed by atoms with Crippen molar-refractivity contribution < 1.29 is 17.7 Å². The molecule has 0 saturated carbocycles. The first-order valence-electron chi connectivity index (χ1n) is 9.67. The Labute approximate surface area is 190 Å². The fraction of sp³-hybridized carbons (Fsp3) is 0.182. The molecular formula is C22H22FN3O4S2. The average molecular weight is 476 g/mol. The number of primary sulfonamides is 1. The maximum atomic E-state index is 13.7. The molecule has 10 heteroatoms. The van der Waals surface area contributed by atoms with Gasteiger partial charge in [0.25, 0.3) is 0 Å². The number of thioether (sulfide) groups is 1. The van der Waals surface area contributed by atoms with Gasteiger partial charge >= 0.3 is 5.69 Å². The molecule has 0 bridgehead atoms. The smallest absolute Gasteiger partial charge is 0.294 e. The first kappa shape index (κ1) is 23.9. The molecule has 0 heterocycles. The Kier molecular flexibility index (Phi) is 7.97. The maximum absolute atomic E-state index is 13.7. The van der Waals surface area contributed by atoms with E-state index in [0.29, 0.717) is 25.2 Å². The molecule has 0 aromatic heterocycles. The van der Waals surface area contributed by atoms with Gasteiger partial charge in [-0.25, -0.2) is 13.6 Å². The van der Waals surface area contributed by atoms with Crippen LogP contribution in [0.4, 0.5) is 10.1 Å². The summed E-state index contributed by atoms with van der Waals surface area (Å²) in [6, 6.07) is 20.1. The molecule has 0 saturated heterocycles. The normalized spacial score (nSPS) is 11.6. The highest BCUT2D eigenvalue weighted by Gasteiger charge is 2.16. The monoisotopic (exact) mass is 475 g/mol. The number of nitro groups is 1. The molecule has 7 nitrogen and oxygen atoms in total. The maximum Gasteiger partial charge on any atom is 0.305 e. The lowest BCUT2D eigenvalue weighted by molar-refractivity contribution is -0.387. The second-order valence-electron chi connectivity index (χ2n) is 7.10. The molecule has 0 unspecified atom stereocenters. The third-order valence-corrected chi connectivity index (χ3v) is 6.61. The van der Waals surface area contributed by atoms with Crippen molar-refractivity contribution in [2.45, 2.75) is 22.9 Å². The van der Waals surface area contributed by atoms with Gasteiger partial charge in [0.1, 0.15) is 0 Å². The van der Waals surface area contributed by atoms with Crippen LogP contribution in [0.2, 0.25) is 0 Å². The molecule has 0 aliphatic rings. The van der Waals surface area contributed by atoms with Crippen LogP contribution < -0.4 is 5.14 Å². The van der Waals surface area contributed by atoms with E-state index >= 15 is 0 Å². The average Bonchev–Trinajstić information content (AvgIpc) is 2.75. The predicted octanol–water partition coefficient (Wildman–Crippen LogP) is 4.18. The third kappa shape index (κ3) is 6.86. The standard InChI is InChI=1S/C22H22FN3O4S2/c23-21-11-8-18(14-22(21)26(27)28)16-25(12-13-31-19-4-2-1-3-5-19)15-17-6-9-20(10-7-17)32(24,29)30/h1-11,14H,12-13,15-16H2,(H2,24,29,30). The zero-order valence-electron chi connectivity index (χ0n) is 17.1. The molecule has 3 rings (SSSR count). The van der Waals surface area contributed by atoms with Crippen LogP contribution in [0.3, 0.4) is 0 Å². The lowest BCUT2D eigenvalue weighted by atomic mass is 10.1. The Hall–Kier alpha value is -2.79. The number of hydrogen-bond acceptors (Lipinski definition) is 6. The van der Waals surface area contributed by atoms with Crippen molar-refractivity contribution in [1.82, 2.24) is 4.90 Å². The minimum absolute atomic E-state index is 0.0293. The summed E-state index contributed by atoms with van der Waals surface area (Å²) in [5, 5.41) is 16.2. The Bertz CT molecular complexity index is 1170. The van der Waals surface area contributed by atoms with Crippen molar-refractivity contribution >= 4 is 27.5 Å². The Balaban J connectivity index is 1.75. The molecule has 3 aromatic rings. The number of halogens is 1. The quantitative estimate of drug-likeness (QED) is 0.268. The van der Waals surface area contributed by atoms with Gasteiger partial charge in [-0.05, 0) is 41.5 Å². The number of nitrogens with zero attached hydrogens (tertiary/aromatic N) is 2. The lowest BCUT2D eigenvalue weighted by Gasteiger charge is -2.22. The van der Waals surface area contributed by atoms with Crippen LogP contribution in [0.1, 0.15) is 11.1 Å². The van der Waals surface area contributed by atoms with Gasteiger partial charge in [0, 0.05) is 36.3 Å². The second kappa shape index (κ2) is 10.7. The summed E-state index contributed by atoms with van der Waals surface area (Å²) >= 11 is 1.68. The Morgan fingerprint density at radius 2 is 1.59 bits per heavy atom. The fourth-order valence-electron chi connectivity index (χ4n) is 3.12. The predicted molar refractivity (Wildman–Crippen MR) is 122 cm³/mol. The summed E-state index contributed by atoms with van der Waals surface area (Å²) in [5.74, 6) is -0.105. The van der Waals surface area contributed by atoms with Crippen molar-refractivity contribution in [2.24, 2.45) is 5.14 Å². The van der Waals surface area contributed by atoms with Gasteiger partial charge < -0.3 is 0 Å². The van der Waals surface area contributed by atoms with Gasteiger partial charge in [-0.15, -0.1) is 11.8 Å². The van der Waals surface area contributed by atoms with E-state index in [0.717, 1.165) is 22.3 Å². The minimum atomic E-state index is -3.77. The van der Waals surface area contributed by atoms with E-state index in [1.165, 1.54) is 24.3 Å². The first-order chi connectivity index (χ1) is 15.2. The number of benzene rings is 3. The molecule has 0 radical (unpaired) electrons. The molecule has 0 aliphatic heterocycles. The van der Waals surface area contributed by atoms with Gasteiger partial charge in [0.05, 0.1) is 9.82 Å². The van der Waals surface area contributed by atoms with Crippen molar-refractivity contribution in [3.05, 3.63) is 99.9 Å². The molecular weight excluding hydrogens is 453 g/mol. The number of sulfonamides is 1. The van der Waals surface area contributed by atoms with Gasteiger partial charge in [0.15, 0.2) is 0 Å². The van der Waals surface area contributed by atoms with Gasteiger partial charge in [-0.1, -0.05) is 36.4 Å². The number of rotatable bonds is 10. The SMILES string of the molecule is NS(=O)(=O)c1ccc(CN(CCSc2ccccc2)Cc2ccc(F)c([N+](=O)[O-])c2)cc1. The van der Waals surface area contributed by atoms with E-state index in [1.54, 1.807) is 23.9 Å². The number of nitrogens with two attached hydrogens (primary N) is 1. The summed E-state index contributed by atoms with van der Waals surface area (Å²) in [7, 11) is -3.77. The van der Waals surface area contributed by atoms with Crippen LogP contribution in [0.15, 0.2) is 82.6 Å². The largest absolute Gasteiger partial charge is 0.305 e. The summed E-state index contributed by atoms with van der Waals surface area (Å²) in [6.45, 7) is 1.50. The van der Waals surface area contributed by atoms with Crippen LogP contribution in [-0.2, 0) is 23.1 Å². The van der Waals surface area contributed by atoms with Crippen LogP contribution >= 0.6 is 11.8 Å². The van der Waals surface area contributed by atoms with E-state index in [9.17, 15) is 22.9 Å². The highest BCUT2D eigenvalue weighted by molar-refractivity contribution is 7.99. The van der Waals surface area contributed by atoms with Crippen molar-refractivity contribution in [3.63, 3.8) is 0 Å². The van der Waals surface area contributed by atoms with E-state index in [4.69, 9.17) is 5.14 Å². The summed E-state index contributed by atoms with van der Waals surface area (Å²) in [6.07, 6.45) is 0. The summed E-state index contributed by atoms with van der Waals surface area (Å²) in [4.78, 5) is 13.6. The van der Waals surface area contributed by atoms with E-state index in [1.807, 2.05) is 30.3 Å². The van der Waals surface area contributed by atoms with Crippen LogP contribution in [0.5, 0.6) is 0 Å². The highest BCUT2D eigenvalue weighted by Crippen LogP contribution is 2.22. The topological polar surface area (TPSA) is 107 Å². The first-order valence-corrected chi connectivity index (χ1v) is 12.2. The number of hydrogen-bond donors (Lipinski definition) is 1. The van der Waals surface area contributed by atoms with Gasteiger partial charge in [0.2, 0.25) is 15.8 Å². The van der Waals surface area contributed by atoms with Gasteiger partial charge in [-0.2, -0.15) is 4.39 Å². The highest BCUT2D eigenvalue weighted by atomic mass is 32.2. The van der Waals surface area contributed by atoms with Crippen LogP contribution in [0.25, 0.3) is 0 Å². The zero-order valence-corrected chi connectivity index (χ0v) is 18.7. The van der Waals surface area contributed by atoms with Crippen LogP contribution in [-0.4, -0.2) is 30.5 Å². The van der Waals surface area contributed by atoms with Crippen molar-refractivity contribution in [2.75, 3.05) is 12.3 Å². The van der Waals surface area contributed by atoms with E-state index in [-0.39, 0.29) is 4.90 Å². The fourth-order valence-corrected chi connectivity index (χ4v) is 4.57. The number of nitro benzene ring substituents is 1. The van der Waals surface area contributed by atoms with Crippen LogP contribution in [0, 0.1) is 15.9 Å². The molecule has 0 atom stereocenters. The molecule has 0 fully saturated rings. The zero-order chi connectivity index (χ0) is 23.1. The minimum Gasteiger partial charge on any atom is -0.294 e. The lowest BCUT2D eigenvalue weighted by Crippen LogP contribution is -2.25. The van der Waals surface area contributed by atoms with E-state index in [2.05, 4.69) is 4.90 Å². The molecule has 168 valence electrons.